The summed E-state index contributed by atoms with van der Waals surface area (Å²) in [6.45, 7) is 0. The van der Waals surface area contributed by atoms with Crippen LogP contribution < -0.4 is 5.32 Å². The highest BCUT2D eigenvalue weighted by molar-refractivity contribution is 5.19. The highest BCUT2D eigenvalue weighted by atomic mass is 19.2. The molecule has 2 rings (SSSR count). The Bertz CT molecular complexity index is 543. The Morgan fingerprint density at radius 3 is 2.65 bits per heavy atom. The summed E-state index contributed by atoms with van der Waals surface area (Å²) in [5.41, 5.74) is 1.98. The van der Waals surface area contributed by atoms with Gasteiger partial charge in [-0.2, -0.15) is 0 Å². The molecule has 1 aromatic heterocycles. The molecule has 0 saturated carbocycles. The molecule has 0 radical (unpaired) electrons. The van der Waals surface area contributed by atoms with Crippen LogP contribution in [0.15, 0.2) is 42.7 Å². The molecule has 1 heterocycles. The second-order valence-electron chi connectivity index (χ2n) is 4.84. The lowest BCUT2D eigenvalue weighted by molar-refractivity contribution is 0.497. The molecule has 4 heteroatoms. The average Bonchev–Trinajstić information content (AvgIpc) is 2.48. The van der Waals surface area contributed by atoms with E-state index in [1.54, 1.807) is 12.3 Å². The minimum absolute atomic E-state index is 0.222. The van der Waals surface area contributed by atoms with Gasteiger partial charge in [0.2, 0.25) is 0 Å². The van der Waals surface area contributed by atoms with E-state index >= 15 is 0 Å². The van der Waals surface area contributed by atoms with E-state index in [9.17, 15) is 8.78 Å². The number of halogens is 2. The Morgan fingerprint density at radius 2 is 2.00 bits per heavy atom. The topological polar surface area (TPSA) is 24.9 Å². The van der Waals surface area contributed by atoms with Crippen molar-refractivity contribution in [2.24, 2.45) is 0 Å². The van der Waals surface area contributed by atoms with Gasteiger partial charge in [-0.25, -0.2) is 8.78 Å². The minimum atomic E-state index is -0.801. The number of rotatable bonds is 6. The number of hydrogen-bond acceptors (Lipinski definition) is 2. The van der Waals surface area contributed by atoms with Gasteiger partial charge < -0.3 is 5.32 Å². The van der Waals surface area contributed by atoms with Crippen molar-refractivity contribution in [3.8, 4) is 0 Å². The monoisotopic (exact) mass is 276 g/mol. The first-order chi connectivity index (χ1) is 9.69. The van der Waals surface area contributed by atoms with Crippen molar-refractivity contribution in [3.05, 3.63) is 65.5 Å². The van der Waals surface area contributed by atoms with Gasteiger partial charge in [0.15, 0.2) is 11.6 Å². The molecule has 20 heavy (non-hydrogen) atoms. The Hall–Kier alpha value is -1.81. The second kappa shape index (κ2) is 7.10. The molecule has 0 aliphatic carbocycles. The van der Waals surface area contributed by atoms with Gasteiger partial charge in [-0.3, -0.25) is 4.98 Å². The second-order valence-corrected chi connectivity index (χ2v) is 4.84. The van der Waals surface area contributed by atoms with Crippen molar-refractivity contribution < 1.29 is 8.78 Å². The zero-order valence-corrected chi connectivity index (χ0v) is 11.4. The van der Waals surface area contributed by atoms with Crippen molar-refractivity contribution in [1.82, 2.24) is 10.3 Å². The number of nitrogens with one attached hydrogen (secondary N) is 1. The molecule has 0 fully saturated rings. The van der Waals surface area contributed by atoms with Crippen LogP contribution in [0.3, 0.4) is 0 Å². The Morgan fingerprint density at radius 1 is 1.15 bits per heavy atom. The number of hydrogen-bond donors (Lipinski definition) is 1. The van der Waals surface area contributed by atoms with Gasteiger partial charge in [-0.15, -0.1) is 0 Å². The lowest BCUT2D eigenvalue weighted by Crippen LogP contribution is -2.28. The van der Waals surface area contributed by atoms with Crippen LogP contribution in [-0.4, -0.2) is 18.1 Å². The van der Waals surface area contributed by atoms with Crippen molar-refractivity contribution in [2.75, 3.05) is 7.05 Å². The molecule has 1 atom stereocenters. The maximum Gasteiger partial charge on any atom is 0.159 e. The Labute approximate surface area is 117 Å². The van der Waals surface area contributed by atoms with E-state index in [1.165, 1.54) is 17.7 Å². The van der Waals surface area contributed by atoms with Gasteiger partial charge >= 0.3 is 0 Å². The quantitative estimate of drug-likeness (QED) is 0.877. The standard InChI is InChI=1S/C16H18F2N2/c1-19-14(6-4-12-3-2-8-20-11-12)9-13-5-7-15(17)16(18)10-13/h2-3,5,7-8,10-11,14,19H,4,6,9H2,1H3. The van der Waals surface area contributed by atoms with Crippen LogP contribution in [0.5, 0.6) is 0 Å². The number of pyridine rings is 1. The van der Waals surface area contributed by atoms with Crippen LogP contribution in [0.2, 0.25) is 0 Å². The van der Waals surface area contributed by atoms with Gasteiger partial charge in [0.1, 0.15) is 0 Å². The average molecular weight is 276 g/mol. The molecule has 0 spiro atoms. The number of likely N-dealkylation sites (N-methyl/N-ethyl adjacent to an activating group) is 1. The fraction of sp³-hybridized carbons (Fsp3) is 0.312. The summed E-state index contributed by atoms with van der Waals surface area (Å²) in [7, 11) is 1.88. The number of aromatic nitrogens is 1. The normalized spacial score (nSPS) is 12.3. The summed E-state index contributed by atoms with van der Waals surface area (Å²) in [5, 5.41) is 3.22. The van der Waals surface area contributed by atoms with E-state index in [0.717, 1.165) is 18.4 Å². The Balaban J connectivity index is 1.93. The van der Waals surface area contributed by atoms with E-state index in [4.69, 9.17) is 0 Å². The summed E-state index contributed by atoms with van der Waals surface area (Å²) in [6.07, 6.45) is 6.10. The largest absolute Gasteiger partial charge is 0.317 e. The zero-order chi connectivity index (χ0) is 14.4. The van der Waals surface area contributed by atoms with Gasteiger partial charge in [0.25, 0.3) is 0 Å². The van der Waals surface area contributed by atoms with Crippen molar-refractivity contribution >= 4 is 0 Å². The van der Waals surface area contributed by atoms with Crippen LogP contribution in [-0.2, 0) is 12.8 Å². The molecule has 0 saturated heterocycles. The lowest BCUT2D eigenvalue weighted by Gasteiger charge is -2.16. The van der Waals surface area contributed by atoms with Gasteiger partial charge in [0, 0.05) is 18.4 Å². The minimum Gasteiger partial charge on any atom is -0.317 e. The lowest BCUT2D eigenvalue weighted by atomic mass is 9.99. The third kappa shape index (κ3) is 4.10. The predicted molar refractivity (Wildman–Crippen MR) is 75.5 cm³/mol. The third-order valence-electron chi connectivity index (χ3n) is 3.38. The zero-order valence-electron chi connectivity index (χ0n) is 11.4. The molecular weight excluding hydrogens is 258 g/mol. The summed E-state index contributed by atoms with van der Waals surface area (Å²) in [4.78, 5) is 4.08. The van der Waals surface area contributed by atoms with Gasteiger partial charge in [-0.1, -0.05) is 12.1 Å². The molecule has 106 valence electrons. The maximum absolute atomic E-state index is 13.2. The first-order valence-electron chi connectivity index (χ1n) is 6.69. The first-order valence-corrected chi connectivity index (χ1v) is 6.69. The molecule has 0 bridgehead atoms. The van der Waals surface area contributed by atoms with Gasteiger partial charge in [-0.05, 0) is 55.6 Å². The molecule has 0 aliphatic heterocycles. The molecule has 1 unspecified atom stereocenters. The number of nitrogens with zero attached hydrogens (tertiary/aromatic N) is 1. The molecule has 0 amide bonds. The highest BCUT2D eigenvalue weighted by Gasteiger charge is 2.10. The molecule has 2 nitrogen and oxygen atoms in total. The molecule has 1 aromatic carbocycles. The van der Waals surface area contributed by atoms with Crippen molar-refractivity contribution in [1.29, 1.82) is 0 Å². The maximum atomic E-state index is 13.2. The van der Waals surface area contributed by atoms with Crippen LogP contribution in [0, 0.1) is 11.6 Å². The predicted octanol–water partition coefficient (Wildman–Crippen LogP) is 3.12. The fourth-order valence-electron chi connectivity index (χ4n) is 2.19. The summed E-state index contributed by atoms with van der Waals surface area (Å²) in [5.74, 6) is -1.59. The SMILES string of the molecule is CNC(CCc1cccnc1)Cc1ccc(F)c(F)c1. The number of aryl methyl sites for hydroxylation is 1. The Kier molecular flexibility index (Phi) is 5.18. The van der Waals surface area contributed by atoms with Crippen LogP contribution in [0.4, 0.5) is 8.78 Å². The summed E-state index contributed by atoms with van der Waals surface area (Å²) in [6, 6.07) is 8.26. The van der Waals surface area contributed by atoms with E-state index in [-0.39, 0.29) is 6.04 Å². The highest BCUT2D eigenvalue weighted by Crippen LogP contribution is 2.13. The van der Waals surface area contributed by atoms with Crippen molar-refractivity contribution in [2.45, 2.75) is 25.3 Å². The smallest absolute Gasteiger partial charge is 0.159 e. The summed E-state index contributed by atoms with van der Waals surface area (Å²) >= 11 is 0. The van der Waals surface area contributed by atoms with Crippen LogP contribution in [0.25, 0.3) is 0 Å². The molecule has 1 N–H and O–H groups in total. The summed E-state index contributed by atoms with van der Waals surface area (Å²) < 4.78 is 26.1. The van der Waals surface area contributed by atoms with Crippen LogP contribution >= 0.6 is 0 Å². The van der Waals surface area contributed by atoms with Crippen LogP contribution in [0.1, 0.15) is 17.5 Å². The fourth-order valence-corrected chi connectivity index (χ4v) is 2.19. The van der Waals surface area contributed by atoms with Crippen molar-refractivity contribution in [3.63, 3.8) is 0 Å². The molecule has 0 aliphatic rings. The third-order valence-corrected chi connectivity index (χ3v) is 3.38. The number of benzene rings is 1. The van der Waals surface area contributed by atoms with E-state index in [0.29, 0.717) is 6.42 Å². The van der Waals surface area contributed by atoms with E-state index in [1.807, 2.05) is 25.4 Å². The molecular formula is C16H18F2N2. The van der Waals surface area contributed by atoms with E-state index < -0.39 is 11.6 Å². The molecule has 2 aromatic rings. The van der Waals surface area contributed by atoms with E-state index in [2.05, 4.69) is 10.3 Å². The first kappa shape index (κ1) is 14.6. The van der Waals surface area contributed by atoms with Gasteiger partial charge in [0.05, 0.1) is 0 Å².